The van der Waals surface area contributed by atoms with E-state index in [9.17, 15) is 0 Å². The molecule has 0 radical (unpaired) electrons. The largest absolute Gasteiger partial charge is 0.497 e. The summed E-state index contributed by atoms with van der Waals surface area (Å²) in [7, 11) is 1.67. The van der Waals surface area contributed by atoms with E-state index in [1.165, 1.54) is 0 Å². The monoisotopic (exact) mass is 364 g/mol. The van der Waals surface area contributed by atoms with Crippen LogP contribution in [0.25, 0.3) is 22.3 Å². The van der Waals surface area contributed by atoms with Crippen molar-refractivity contribution in [3.8, 4) is 17.1 Å². The highest BCUT2D eigenvalue weighted by Gasteiger charge is 2.10. The summed E-state index contributed by atoms with van der Waals surface area (Å²) in [5.41, 5.74) is 1.85. The molecule has 0 spiro atoms. The van der Waals surface area contributed by atoms with Gasteiger partial charge in [0.15, 0.2) is 0 Å². The van der Waals surface area contributed by atoms with Crippen LogP contribution in [-0.4, -0.2) is 51.4 Å². The molecule has 5 nitrogen and oxygen atoms in total. The van der Waals surface area contributed by atoms with E-state index in [0.29, 0.717) is 0 Å². The van der Waals surface area contributed by atoms with Gasteiger partial charge in [0.25, 0.3) is 0 Å². The van der Waals surface area contributed by atoms with E-state index in [-0.39, 0.29) is 0 Å². The van der Waals surface area contributed by atoms with Gasteiger partial charge in [-0.1, -0.05) is 30.3 Å². The lowest BCUT2D eigenvalue weighted by atomic mass is 10.1. The second-order valence-corrected chi connectivity index (χ2v) is 6.56. The molecule has 0 saturated carbocycles. The first-order valence-corrected chi connectivity index (χ1v) is 9.31. The molecule has 0 aliphatic carbocycles. The van der Waals surface area contributed by atoms with E-state index >= 15 is 0 Å². The van der Waals surface area contributed by atoms with Gasteiger partial charge in [-0.3, -0.25) is 9.89 Å². The lowest BCUT2D eigenvalue weighted by Crippen LogP contribution is -2.37. The van der Waals surface area contributed by atoms with Gasteiger partial charge < -0.3 is 13.9 Å². The van der Waals surface area contributed by atoms with Crippen molar-refractivity contribution in [2.24, 2.45) is 4.99 Å². The predicted molar refractivity (Wildman–Crippen MR) is 106 cm³/mol. The average Bonchev–Trinajstić information content (AvgIpc) is 2.74. The van der Waals surface area contributed by atoms with Crippen molar-refractivity contribution in [1.82, 2.24) is 4.90 Å². The van der Waals surface area contributed by atoms with E-state index in [1.54, 1.807) is 7.11 Å². The van der Waals surface area contributed by atoms with Crippen LogP contribution in [0.1, 0.15) is 0 Å². The molecule has 1 aliphatic rings. The first kappa shape index (κ1) is 17.8. The summed E-state index contributed by atoms with van der Waals surface area (Å²) in [6.45, 7) is 5.24. The maximum Gasteiger partial charge on any atom is 0.137 e. The van der Waals surface area contributed by atoms with Gasteiger partial charge in [-0.15, -0.1) is 0 Å². The average molecular weight is 364 g/mol. The second kappa shape index (κ2) is 8.37. The smallest absolute Gasteiger partial charge is 0.137 e. The Morgan fingerprint density at radius 3 is 2.63 bits per heavy atom. The van der Waals surface area contributed by atoms with Crippen molar-refractivity contribution in [3.63, 3.8) is 0 Å². The Morgan fingerprint density at radius 1 is 1.04 bits per heavy atom. The molecule has 0 atom stereocenters. The molecule has 140 valence electrons. The summed E-state index contributed by atoms with van der Waals surface area (Å²) >= 11 is 0. The summed E-state index contributed by atoms with van der Waals surface area (Å²) in [4.78, 5) is 7.28. The third-order valence-electron chi connectivity index (χ3n) is 4.81. The van der Waals surface area contributed by atoms with E-state index in [1.807, 2.05) is 54.6 Å². The maximum atomic E-state index is 6.14. The van der Waals surface area contributed by atoms with Crippen molar-refractivity contribution >= 4 is 11.0 Å². The van der Waals surface area contributed by atoms with Crippen molar-refractivity contribution in [1.29, 1.82) is 0 Å². The van der Waals surface area contributed by atoms with Crippen LogP contribution < -0.4 is 10.1 Å². The van der Waals surface area contributed by atoms with Gasteiger partial charge in [0.05, 0.1) is 32.2 Å². The minimum atomic E-state index is 0.741. The predicted octanol–water partition coefficient (Wildman–Crippen LogP) is 3.34. The normalized spacial score (nSPS) is 16.0. The van der Waals surface area contributed by atoms with Gasteiger partial charge in [0, 0.05) is 36.7 Å². The van der Waals surface area contributed by atoms with Crippen LogP contribution in [-0.2, 0) is 4.74 Å². The summed E-state index contributed by atoms with van der Waals surface area (Å²) < 4.78 is 16.9. The number of ether oxygens (including phenoxy) is 2. The quantitative estimate of drug-likeness (QED) is 0.697. The third-order valence-corrected chi connectivity index (χ3v) is 4.81. The summed E-state index contributed by atoms with van der Waals surface area (Å²) in [5, 5.41) is 1.90. The Hall–Kier alpha value is -2.63. The fourth-order valence-corrected chi connectivity index (χ4v) is 3.29. The molecule has 0 amide bonds. The molecule has 2 heterocycles. The lowest BCUT2D eigenvalue weighted by molar-refractivity contribution is 0.0394. The Bertz CT molecular complexity index is 960. The molecule has 0 unspecified atom stereocenters. The Kier molecular flexibility index (Phi) is 5.51. The van der Waals surface area contributed by atoms with Crippen LogP contribution in [0.2, 0.25) is 0 Å². The number of nitrogens with zero attached hydrogens (tertiary/aromatic N) is 2. The number of morpholine rings is 1. The van der Waals surface area contributed by atoms with Crippen molar-refractivity contribution in [3.05, 3.63) is 60.0 Å². The fraction of sp³-hybridized carbons (Fsp3) is 0.318. The van der Waals surface area contributed by atoms with Crippen LogP contribution in [0, 0.1) is 0 Å². The molecule has 0 N–H and O–H groups in total. The van der Waals surface area contributed by atoms with E-state index < -0.39 is 0 Å². The molecule has 1 saturated heterocycles. The number of methoxy groups -OCH3 is 1. The minimum absolute atomic E-state index is 0.741. The second-order valence-electron chi connectivity index (χ2n) is 6.56. The number of hydrogen-bond acceptors (Lipinski definition) is 5. The number of rotatable bonds is 5. The number of hydrogen-bond donors (Lipinski definition) is 0. The van der Waals surface area contributed by atoms with Gasteiger partial charge in [0.1, 0.15) is 17.1 Å². The van der Waals surface area contributed by atoms with Gasteiger partial charge in [-0.2, -0.15) is 0 Å². The highest BCUT2D eigenvalue weighted by atomic mass is 16.5. The summed E-state index contributed by atoms with van der Waals surface area (Å²) in [5.74, 6) is 1.62. The van der Waals surface area contributed by atoms with Crippen molar-refractivity contribution < 1.29 is 13.9 Å². The zero-order chi connectivity index (χ0) is 18.5. The number of fused-ring (bicyclic) bond motifs is 1. The van der Waals surface area contributed by atoms with Crippen LogP contribution in [0.5, 0.6) is 5.75 Å². The van der Waals surface area contributed by atoms with E-state index in [4.69, 9.17) is 18.9 Å². The standard InChI is InChI=1S/C22H24N2O3/c1-25-18-7-8-21-19(15-18)20(23-9-10-24-11-13-26-14-12-24)16-22(27-21)17-5-3-2-4-6-17/h2-8,15-16H,9-14H2,1H3. The first-order valence-electron chi connectivity index (χ1n) is 9.31. The molecule has 0 bridgehead atoms. The molecular weight excluding hydrogens is 340 g/mol. The molecule has 1 fully saturated rings. The minimum Gasteiger partial charge on any atom is -0.497 e. The highest BCUT2D eigenvalue weighted by molar-refractivity contribution is 5.80. The zero-order valence-corrected chi connectivity index (χ0v) is 15.6. The van der Waals surface area contributed by atoms with Gasteiger partial charge in [-0.25, -0.2) is 0 Å². The SMILES string of the molecule is COc1ccc2oc(-c3ccccc3)cc(=NCCN3CCOCC3)c2c1. The maximum absolute atomic E-state index is 6.14. The van der Waals surface area contributed by atoms with Crippen LogP contribution in [0.4, 0.5) is 0 Å². The van der Waals surface area contributed by atoms with Crippen LogP contribution >= 0.6 is 0 Å². The topological polar surface area (TPSA) is 47.2 Å². The van der Waals surface area contributed by atoms with Gasteiger partial charge in [-0.05, 0) is 18.2 Å². The molecular formula is C22H24N2O3. The van der Waals surface area contributed by atoms with Crippen LogP contribution in [0.3, 0.4) is 0 Å². The molecule has 4 rings (SSSR count). The third kappa shape index (κ3) is 4.21. The summed E-state index contributed by atoms with van der Waals surface area (Å²) in [6.07, 6.45) is 0. The molecule has 27 heavy (non-hydrogen) atoms. The van der Waals surface area contributed by atoms with Gasteiger partial charge in [0.2, 0.25) is 0 Å². The fourth-order valence-electron chi connectivity index (χ4n) is 3.29. The first-order chi connectivity index (χ1) is 13.3. The Balaban J connectivity index is 1.71. The van der Waals surface area contributed by atoms with E-state index in [2.05, 4.69) is 4.90 Å². The Labute approximate surface area is 158 Å². The molecule has 1 aromatic heterocycles. The molecule has 5 heteroatoms. The zero-order valence-electron chi connectivity index (χ0n) is 15.6. The van der Waals surface area contributed by atoms with Crippen molar-refractivity contribution in [2.45, 2.75) is 0 Å². The lowest BCUT2D eigenvalue weighted by Gasteiger charge is -2.25. The number of benzene rings is 2. The molecule has 1 aliphatic heterocycles. The van der Waals surface area contributed by atoms with Crippen LogP contribution in [0.15, 0.2) is 64.0 Å². The highest BCUT2D eigenvalue weighted by Crippen LogP contribution is 2.24. The molecule has 3 aromatic rings. The van der Waals surface area contributed by atoms with Crippen molar-refractivity contribution in [2.75, 3.05) is 46.5 Å². The Morgan fingerprint density at radius 2 is 1.85 bits per heavy atom. The molecule has 2 aromatic carbocycles. The van der Waals surface area contributed by atoms with Gasteiger partial charge >= 0.3 is 0 Å². The summed E-state index contributed by atoms with van der Waals surface area (Å²) in [6, 6.07) is 18.0. The van der Waals surface area contributed by atoms with E-state index in [0.717, 1.165) is 72.8 Å².